The van der Waals surface area contributed by atoms with E-state index in [1.165, 1.54) is 18.9 Å². The molecule has 1 saturated carbocycles. The fourth-order valence-electron chi connectivity index (χ4n) is 4.45. The van der Waals surface area contributed by atoms with E-state index in [-0.39, 0.29) is 23.5 Å². The van der Waals surface area contributed by atoms with Crippen molar-refractivity contribution in [2.24, 2.45) is 5.92 Å². The Hall–Kier alpha value is -2.81. The largest absolute Gasteiger partial charge is 0.490 e. The first-order valence-corrected chi connectivity index (χ1v) is 12.8. The van der Waals surface area contributed by atoms with Crippen molar-refractivity contribution in [2.45, 2.75) is 83.2 Å². The van der Waals surface area contributed by atoms with Crippen LogP contribution in [-0.4, -0.2) is 45.5 Å². The Morgan fingerprint density at radius 3 is 2.89 bits per heavy atom. The van der Waals surface area contributed by atoms with Gasteiger partial charge in [-0.1, -0.05) is 18.2 Å². The van der Waals surface area contributed by atoms with E-state index in [4.69, 9.17) is 4.74 Å². The number of benzene rings is 1. The first kappa shape index (κ1) is 25.3. The van der Waals surface area contributed by atoms with Crippen LogP contribution in [0.2, 0.25) is 0 Å². The molecule has 0 bridgehead atoms. The maximum atomic E-state index is 14.2. The lowest BCUT2D eigenvalue weighted by Crippen LogP contribution is -2.59. The minimum Gasteiger partial charge on any atom is -0.490 e. The Labute approximate surface area is 206 Å². The number of amides is 2. The van der Waals surface area contributed by atoms with Crippen molar-refractivity contribution in [1.82, 2.24) is 25.6 Å². The Kier molecular flexibility index (Phi) is 8.15. The van der Waals surface area contributed by atoms with Gasteiger partial charge in [-0.25, -0.2) is 9.07 Å². The van der Waals surface area contributed by atoms with Crippen LogP contribution in [0.1, 0.15) is 76.0 Å². The average Bonchev–Trinajstić information content (AvgIpc) is 3.57. The summed E-state index contributed by atoms with van der Waals surface area (Å²) in [7, 11) is 0. The molecule has 35 heavy (non-hydrogen) atoms. The summed E-state index contributed by atoms with van der Waals surface area (Å²) >= 11 is 0. The second-order valence-electron chi connectivity index (χ2n) is 10.1. The minimum atomic E-state index is -0.692. The van der Waals surface area contributed by atoms with Crippen molar-refractivity contribution in [2.75, 3.05) is 13.2 Å². The number of unbranched alkanes of at least 4 members (excludes halogenated alkanes) is 1. The molecule has 0 radical (unpaired) electrons. The maximum absolute atomic E-state index is 14.2. The van der Waals surface area contributed by atoms with Crippen molar-refractivity contribution in [3.8, 4) is 5.75 Å². The third kappa shape index (κ3) is 6.66. The highest BCUT2D eigenvalue weighted by molar-refractivity contribution is 6.02. The van der Waals surface area contributed by atoms with E-state index in [0.29, 0.717) is 44.2 Å². The fraction of sp³-hybridized carbons (Fsp3) is 0.615. The minimum absolute atomic E-state index is 0.175. The number of imide groups is 1. The molecule has 2 N–H and O–H groups in total. The quantitative estimate of drug-likeness (QED) is 0.333. The van der Waals surface area contributed by atoms with Crippen LogP contribution in [0, 0.1) is 11.7 Å². The van der Waals surface area contributed by atoms with Gasteiger partial charge in [-0.2, -0.15) is 0 Å². The zero-order chi connectivity index (χ0) is 24.8. The van der Waals surface area contributed by atoms with Crippen LogP contribution in [0.3, 0.4) is 0 Å². The molecule has 190 valence electrons. The molecular formula is C26H36FN5O3. The third-order valence-corrected chi connectivity index (χ3v) is 7.16. The lowest BCUT2D eigenvalue weighted by molar-refractivity contribution is -0.138. The summed E-state index contributed by atoms with van der Waals surface area (Å²) in [5.41, 5.74) is 1.41. The van der Waals surface area contributed by atoms with E-state index < -0.39 is 5.54 Å². The van der Waals surface area contributed by atoms with Crippen molar-refractivity contribution in [3.63, 3.8) is 0 Å². The van der Waals surface area contributed by atoms with Gasteiger partial charge in [-0.15, -0.1) is 5.10 Å². The number of hydrogen-bond donors (Lipinski definition) is 2. The molecule has 1 aliphatic heterocycles. The van der Waals surface area contributed by atoms with Gasteiger partial charge in [0.2, 0.25) is 11.8 Å². The molecule has 2 aliphatic rings. The van der Waals surface area contributed by atoms with Crippen LogP contribution in [0.15, 0.2) is 24.4 Å². The van der Waals surface area contributed by atoms with Gasteiger partial charge in [0.05, 0.1) is 24.0 Å². The van der Waals surface area contributed by atoms with Gasteiger partial charge < -0.3 is 10.1 Å². The molecule has 2 unspecified atom stereocenters. The van der Waals surface area contributed by atoms with Gasteiger partial charge >= 0.3 is 0 Å². The molecule has 4 rings (SSSR count). The summed E-state index contributed by atoms with van der Waals surface area (Å²) in [5.74, 6) is 0.314. The van der Waals surface area contributed by atoms with Gasteiger partial charge in [0.25, 0.3) is 0 Å². The van der Waals surface area contributed by atoms with Crippen LogP contribution in [0.25, 0.3) is 0 Å². The highest BCUT2D eigenvalue weighted by atomic mass is 19.1. The summed E-state index contributed by atoms with van der Waals surface area (Å²) in [6.45, 7) is 5.91. The van der Waals surface area contributed by atoms with E-state index in [1.54, 1.807) is 6.20 Å². The number of carbonyl (C=O) groups is 2. The average molecular weight is 486 g/mol. The van der Waals surface area contributed by atoms with E-state index >= 15 is 0 Å². The Bertz CT molecular complexity index is 1040. The van der Waals surface area contributed by atoms with Gasteiger partial charge in [-0.05, 0) is 82.0 Å². The normalized spacial score (nSPS) is 21.1. The molecule has 2 amide bonds. The maximum Gasteiger partial charge on any atom is 0.246 e. The molecule has 8 nitrogen and oxygen atoms in total. The molecule has 9 heteroatoms. The third-order valence-electron chi connectivity index (χ3n) is 7.16. The number of piperidine rings is 1. The first-order valence-electron chi connectivity index (χ1n) is 12.8. The molecule has 2 aromatic rings. The Morgan fingerprint density at radius 2 is 2.14 bits per heavy atom. The molecule has 0 spiro atoms. The van der Waals surface area contributed by atoms with Crippen molar-refractivity contribution >= 4 is 11.8 Å². The van der Waals surface area contributed by atoms with Crippen LogP contribution in [-0.2, 0) is 22.6 Å². The molecule has 2 heterocycles. The number of aryl methyl sites for hydroxylation is 1. The molecule has 1 aromatic heterocycles. The topological polar surface area (TPSA) is 98.1 Å². The molecule has 2 atom stereocenters. The summed E-state index contributed by atoms with van der Waals surface area (Å²) < 4.78 is 21.9. The summed E-state index contributed by atoms with van der Waals surface area (Å²) in [4.78, 5) is 23.5. The lowest BCUT2D eigenvalue weighted by atomic mass is 9.91. The Balaban J connectivity index is 1.28. The number of ether oxygens (including phenoxy) is 1. The first-order chi connectivity index (χ1) is 16.9. The van der Waals surface area contributed by atoms with E-state index in [1.807, 2.05) is 23.7 Å². The summed E-state index contributed by atoms with van der Waals surface area (Å²) in [6.07, 6.45) is 8.54. The summed E-state index contributed by atoms with van der Waals surface area (Å²) in [6, 6.07) is 5.17. The molecule has 1 aliphatic carbocycles. The SMILES string of the molecule is CCC(Cn1nncc1CCCCNC1(C)CCC(=O)NC1=O)c1ccc(F)c(OCC2CC2)c1. The van der Waals surface area contributed by atoms with Crippen molar-refractivity contribution in [3.05, 3.63) is 41.5 Å². The standard InChI is InChI=1S/C26H36FN5O3/c1-3-19(20-9-10-22(27)23(14-20)35-17-18-7-8-18)16-32-21(15-29-31-32)6-4-5-13-28-26(2)12-11-24(33)30-25(26)34/h9-10,14-15,18-19,28H,3-8,11-13,16-17H2,1-2H3,(H,30,33,34). The predicted molar refractivity (Wildman–Crippen MR) is 129 cm³/mol. The smallest absolute Gasteiger partial charge is 0.246 e. The number of halogens is 1. The van der Waals surface area contributed by atoms with Gasteiger partial charge in [0, 0.05) is 18.9 Å². The highest BCUT2D eigenvalue weighted by Crippen LogP contribution is 2.32. The number of aromatic nitrogens is 3. The molecule has 1 saturated heterocycles. The zero-order valence-corrected chi connectivity index (χ0v) is 20.7. The van der Waals surface area contributed by atoms with E-state index in [0.717, 1.165) is 36.9 Å². The van der Waals surface area contributed by atoms with Crippen LogP contribution < -0.4 is 15.4 Å². The number of nitrogens with zero attached hydrogens (tertiary/aromatic N) is 3. The predicted octanol–water partition coefficient (Wildman–Crippen LogP) is 3.51. The molecule has 2 fully saturated rings. The van der Waals surface area contributed by atoms with E-state index in [9.17, 15) is 14.0 Å². The summed E-state index contributed by atoms with van der Waals surface area (Å²) in [5, 5.41) is 14.1. The fourth-order valence-corrected chi connectivity index (χ4v) is 4.45. The number of carbonyl (C=O) groups excluding carboxylic acids is 2. The van der Waals surface area contributed by atoms with Gasteiger partial charge in [0.1, 0.15) is 0 Å². The van der Waals surface area contributed by atoms with Crippen molar-refractivity contribution in [1.29, 1.82) is 0 Å². The van der Waals surface area contributed by atoms with Crippen molar-refractivity contribution < 1.29 is 18.7 Å². The highest BCUT2D eigenvalue weighted by Gasteiger charge is 2.37. The second-order valence-corrected chi connectivity index (χ2v) is 10.1. The van der Waals surface area contributed by atoms with E-state index in [2.05, 4.69) is 27.9 Å². The van der Waals surface area contributed by atoms with Gasteiger partial charge in [0.15, 0.2) is 11.6 Å². The second kappa shape index (κ2) is 11.3. The number of hydrogen-bond acceptors (Lipinski definition) is 6. The number of nitrogens with one attached hydrogen (secondary N) is 2. The van der Waals surface area contributed by atoms with Gasteiger partial charge in [-0.3, -0.25) is 14.9 Å². The molecule has 1 aromatic carbocycles. The van der Waals surface area contributed by atoms with Crippen LogP contribution in [0.4, 0.5) is 4.39 Å². The zero-order valence-electron chi connectivity index (χ0n) is 20.7. The van der Waals surface area contributed by atoms with Crippen LogP contribution >= 0.6 is 0 Å². The Morgan fingerprint density at radius 1 is 1.31 bits per heavy atom. The van der Waals surface area contributed by atoms with Crippen LogP contribution in [0.5, 0.6) is 5.75 Å². The number of rotatable bonds is 13. The molecular weight excluding hydrogens is 449 g/mol. The monoisotopic (exact) mass is 485 g/mol. The lowest BCUT2D eigenvalue weighted by Gasteiger charge is -2.32.